The first-order valence-corrected chi connectivity index (χ1v) is 8.29. The molecule has 106 valence electrons. The molecule has 0 aliphatic heterocycles. The molecule has 0 saturated heterocycles. The van der Waals surface area contributed by atoms with Crippen molar-refractivity contribution in [3.63, 3.8) is 0 Å². The molecule has 2 rings (SSSR count). The molecule has 0 amide bonds. The van der Waals surface area contributed by atoms with E-state index >= 15 is 0 Å². The van der Waals surface area contributed by atoms with Crippen LogP contribution in [-0.2, 0) is 10.8 Å². The highest BCUT2D eigenvalue weighted by Crippen LogP contribution is 2.29. The molecule has 0 N–H and O–H groups in total. The van der Waals surface area contributed by atoms with Crippen molar-refractivity contribution in [3.8, 4) is 11.5 Å². The maximum Gasteiger partial charge on any atom is 0.128 e. The predicted octanol–water partition coefficient (Wildman–Crippen LogP) is 5.30. The maximum atomic E-state index is 12.1. The van der Waals surface area contributed by atoms with Gasteiger partial charge in [0.2, 0.25) is 0 Å². The quantitative estimate of drug-likeness (QED) is 0.744. The van der Waals surface area contributed by atoms with Crippen LogP contribution in [0.15, 0.2) is 47.4 Å². The summed E-state index contributed by atoms with van der Waals surface area (Å²) in [5.74, 6) is 1.87. The fraction of sp³-hybridized carbons (Fsp3) is 0.200. The maximum absolute atomic E-state index is 12.1. The summed E-state index contributed by atoms with van der Waals surface area (Å²) in [5.41, 5.74) is 0. The standard InChI is InChI=1S/C15H14Cl2O2S/c1-2-9-20(18)15-10-13(7-8-14(15)17)19-12-5-3-11(16)4-6-12/h3-8,10H,2,9H2,1H3. The van der Waals surface area contributed by atoms with Crippen LogP contribution in [0.4, 0.5) is 0 Å². The van der Waals surface area contributed by atoms with Gasteiger partial charge < -0.3 is 4.74 Å². The summed E-state index contributed by atoms with van der Waals surface area (Å²) in [4.78, 5) is 0.611. The Labute approximate surface area is 131 Å². The SMILES string of the molecule is CCCS(=O)c1cc(Oc2ccc(Cl)cc2)ccc1Cl. The highest BCUT2D eigenvalue weighted by Gasteiger charge is 2.10. The van der Waals surface area contributed by atoms with E-state index in [1.54, 1.807) is 42.5 Å². The fourth-order valence-corrected chi connectivity index (χ4v) is 3.28. The predicted molar refractivity (Wildman–Crippen MR) is 84.5 cm³/mol. The molecule has 2 aromatic carbocycles. The Hall–Kier alpha value is -1.03. The van der Waals surface area contributed by atoms with Gasteiger partial charge in [-0.3, -0.25) is 4.21 Å². The van der Waals surface area contributed by atoms with Crippen LogP contribution < -0.4 is 4.74 Å². The average Bonchev–Trinajstić information content (AvgIpc) is 2.43. The molecule has 0 aliphatic rings. The van der Waals surface area contributed by atoms with Crippen molar-refractivity contribution in [2.75, 3.05) is 5.75 Å². The molecular formula is C15H14Cl2O2S. The van der Waals surface area contributed by atoms with Crippen LogP contribution in [0.25, 0.3) is 0 Å². The monoisotopic (exact) mass is 328 g/mol. The van der Waals surface area contributed by atoms with Gasteiger partial charge in [-0.15, -0.1) is 0 Å². The second-order valence-electron chi connectivity index (χ2n) is 4.20. The molecule has 0 saturated carbocycles. The summed E-state index contributed by atoms with van der Waals surface area (Å²) in [6, 6.07) is 12.2. The number of hydrogen-bond acceptors (Lipinski definition) is 2. The van der Waals surface area contributed by atoms with E-state index in [0.29, 0.717) is 32.2 Å². The second kappa shape index (κ2) is 7.11. The summed E-state index contributed by atoms with van der Waals surface area (Å²) in [6.45, 7) is 1.99. The molecule has 0 spiro atoms. The van der Waals surface area contributed by atoms with Gasteiger partial charge in [-0.1, -0.05) is 30.1 Å². The zero-order valence-corrected chi connectivity index (χ0v) is 13.3. The number of hydrogen-bond donors (Lipinski definition) is 0. The molecule has 5 heteroatoms. The van der Waals surface area contributed by atoms with Crippen molar-refractivity contribution in [2.24, 2.45) is 0 Å². The lowest BCUT2D eigenvalue weighted by molar-refractivity contribution is 0.481. The Morgan fingerprint density at radius 3 is 2.35 bits per heavy atom. The van der Waals surface area contributed by atoms with Gasteiger partial charge in [0.25, 0.3) is 0 Å². The van der Waals surface area contributed by atoms with Crippen molar-refractivity contribution >= 4 is 34.0 Å². The van der Waals surface area contributed by atoms with E-state index in [9.17, 15) is 4.21 Å². The molecule has 1 unspecified atom stereocenters. The van der Waals surface area contributed by atoms with Crippen LogP contribution in [0.3, 0.4) is 0 Å². The van der Waals surface area contributed by atoms with E-state index in [1.165, 1.54) is 0 Å². The number of benzene rings is 2. The van der Waals surface area contributed by atoms with E-state index in [2.05, 4.69) is 0 Å². The van der Waals surface area contributed by atoms with Crippen LogP contribution in [0.5, 0.6) is 11.5 Å². The number of ether oxygens (including phenoxy) is 1. The van der Waals surface area contributed by atoms with Crippen LogP contribution in [0.1, 0.15) is 13.3 Å². The summed E-state index contributed by atoms with van der Waals surface area (Å²) >= 11 is 11.9. The molecule has 0 bridgehead atoms. The van der Waals surface area contributed by atoms with Crippen LogP contribution in [-0.4, -0.2) is 9.96 Å². The Bertz CT molecular complexity index is 612. The molecule has 0 fully saturated rings. The van der Waals surface area contributed by atoms with Crippen molar-refractivity contribution < 1.29 is 8.95 Å². The summed E-state index contributed by atoms with van der Waals surface area (Å²) in [7, 11) is -1.10. The van der Waals surface area contributed by atoms with Gasteiger partial charge in [-0.05, 0) is 48.9 Å². The van der Waals surface area contributed by atoms with Crippen molar-refractivity contribution in [1.82, 2.24) is 0 Å². The van der Waals surface area contributed by atoms with Gasteiger partial charge >= 0.3 is 0 Å². The molecule has 2 nitrogen and oxygen atoms in total. The summed E-state index contributed by atoms with van der Waals surface area (Å²) in [5, 5.41) is 1.15. The lowest BCUT2D eigenvalue weighted by Gasteiger charge is -2.09. The molecule has 0 aliphatic carbocycles. The first kappa shape index (κ1) is 15.4. The average molecular weight is 329 g/mol. The largest absolute Gasteiger partial charge is 0.457 e. The topological polar surface area (TPSA) is 26.3 Å². The Balaban J connectivity index is 2.22. The van der Waals surface area contributed by atoms with E-state index in [-0.39, 0.29) is 0 Å². The lowest BCUT2D eigenvalue weighted by Crippen LogP contribution is -1.98. The van der Waals surface area contributed by atoms with Crippen molar-refractivity contribution in [3.05, 3.63) is 52.5 Å². The van der Waals surface area contributed by atoms with Crippen LogP contribution in [0.2, 0.25) is 10.0 Å². The Kier molecular flexibility index (Phi) is 5.46. The summed E-state index contributed by atoms with van der Waals surface area (Å²) in [6.07, 6.45) is 0.839. The number of rotatable bonds is 5. The van der Waals surface area contributed by atoms with Crippen molar-refractivity contribution in [2.45, 2.75) is 18.2 Å². The minimum atomic E-state index is -1.10. The van der Waals surface area contributed by atoms with Gasteiger partial charge in [0.15, 0.2) is 0 Å². The molecule has 0 radical (unpaired) electrons. The highest BCUT2D eigenvalue weighted by molar-refractivity contribution is 7.85. The smallest absolute Gasteiger partial charge is 0.128 e. The van der Waals surface area contributed by atoms with E-state index in [4.69, 9.17) is 27.9 Å². The Morgan fingerprint density at radius 2 is 1.70 bits per heavy atom. The molecule has 0 aromatic heterocycles. The van der Waals surface area contributed by atoms with Gasteiger partial charge in [0.05, 0.1) is 20.7 Å². The van der Waals surface area contributed by atoms with E-state index in [0.717, 1.165) is 6.42 Å². The van der Waals surface area contributed by atoms with Crippen molar-refractivity contribution in [1.29, 1.82) is 0 Å². The molecule has 0 heterocycles. The molecular weight excluding hydrogens is 315 g/mol. The first-order chi connectivity index (χ1) is 9.60. The zero-order chi connectivity index (χ0) is 14.5. The third-order valence-corrected chi connectivity index (χ3v) is 4.89. The van der Waals surface area contributed by atoms with Gasteiger partial charge in [0.1, 0.15) is 11.5 Å². The minimum absolute atomic E-state index is 0.500. The van der Waals surface area contributed by atoms with Crippen LogP contribution >= 0.6 is 23.2 Å². The van der Waals surface area contributed by atoms with E-state index < -0.39 is 10.8 Å². The van der Waals surface area contributed by atoms with Crippen LogP contribution in [0, 0.1) is 0 Å². The molecule has 1 atom stereocenters. The molecule has 20 heavy (non-hydrogen) atoms. The first-order valence-electron chi connectivity index (χ1n) is 6.21. The highest BCUT2D eigenvalue weighted by atomic mass is 35.5. The van der Waals surface area contributed by atoms with E-state index in [1.807, 2.05) is 6.92 Å². The number of halogens is 2. The summed E-state index contributed by atoms with van der Waals surface area (Å²) < 4.78 is 17.8. The fourth-order valence-electron chi connectivity index (χ4n) is 1.66. The molecule has 2 aromatic rings. The minimum Gasteiger partial charge on any atom is -0.457 e. The third kappa shape index (κ3) is 3.98. The van der Waals surface area contributed by atoms with Gasteiger partial charge in [-0.2, -0.15) is 0 Å². The zero-order valence-electron chi connectivity index (χ0n) is 10.9. The van der Waals surface area contributed by atoms with Gasteiger partial charge in [-0.25, -0.2) is 0 Å². The normalized spacial score (nSPS) is 12.2. The Morgan fingerprint density at radius 1 is 1.05 bits per heavy atom. The lowest BCUT2D eigenvalue weighted by atomic mass is 10.3. The second-order valence-corrected chi connectivity index (χ2v) is 6.58. The van der Waals surface area contributed by atoms with Gasteiger partial charge in [0, 0.05) is 10.8 Å². The third-order valence-electron chi connectivity index (χ3n) is 2.59.